The molecule has 0 aliphatic heterocycles. The molecule has 0 atom stereocenters. The van der Waals surface area contributed by atoms with Crippen LogP contribution in [0.2, 0.25) is 5.02 Å². The number of anilines is 4. The van der Waals surface area contributed by atoms with Crippen LogP contribution in [0.5, 0.6) is 0 Å². The van der Waals surface area contributed by atoms with E-state index in [0.29, 0.717) is 11.0 Å². The fourth-order valence-corrected chi connectivity index (χ4v) is 3.05. The number of aryl methyl sites for hydroxylation is 2. The van der Waals surface area contributed by atoms with E-state index in [1.165, 1.54) is 0 Å². The van der Waals surface area contributed by atoms with Crippen LogP contribution in [-0.2, 0) is 7.05 Å². The normalized spacial score (nSPS) is 11.0. The summed E-state index contributed by atoms with van der Waals surface area (Å²) in [5.41, 5.74) is 4.00. The lowest BCUT2D eigenvalue weighted by Crippen LogP contribution is -2.12. The second kappa shape index (κ2) is 6.89. The van der Waals surface area contributed by atoms with Gasteiger partial charge in [0.15, 0.2) is 0 Å². The minimum atomic E-state index is 0.524. The third kappa shape index (κ3) is 3.44. The summed E-state index contributed by atoms with van der Waals surface area (Å²) < 4.78 is 1.90. The van der Waals surface area contributed by atoms with Crippen LogP contribution in [0.15, 0.2) is 54.7 Å². The van der Waals surface area contributed by atoms with Crippen LogP contribution in [0, 0.1) is 6.92 Å². The van der Waals surface area contributed by atoms with Gasteiger partial charge in [0.05, 0.1) is 5.52 Å². The fourth-order valence-electron chi connectivity index (χ4n) is 2.92. The van der Waals surface area contributed by atoms with Gasteiger partial charge >= 0.3 is 0 Å². The lowest BCUT2D eigenvalue weighted by atomic mass is 10.2. The van der Waals surface area contributed by atoms with Crippen LogP contribution in [0.25, 0.3) is 10.9 Å². The summed E-state index contributed by atoms with van der Waals surface area (Å²) >= 11 is 5.93. The quantitative estimate of drug-likeness (QED) is 0.550. The summed E-state index contributed by atoms with van der Waals surface area (Å²) in [4.78, 5) is 10.9. The molecule has 0 aliphatic carbocycles. The number of benzene rings is 2. The molecule has 0 radical (unpaired) electrons. The van der Waals surface area contributed by atoms with Gasteiger partial charge in [-0.1, -0.05) is 11.6 Å². The van der Waals surface area contributed by atoms with Crippen molar-refractivity contribution in [1.82, 2.24) is 19.7 Å². The fraction of sp³-hybridized carbons (Fsp3) is 0.150. The number of halogens is 1. The van der Waals surface area contributed by atoms with E-state index in [1.54, 1.807) is 6.20 Å². The molecule has 0 saturated heterocycles. The van der Waals surface area contributed by atoms with E-state index in [2.05, 4.69) is 45.5 Å². The zero-order valence-corrected chi connectivity index (χ0v) is 16.1. The monoisotopic (exact) mass is 378 g/mol. The minimum absolute atomic E-state index is 0.524. The molecule has 27 heavy (non-hydrogen) atoms. The molecule has 0 spiro atoms. The van der Waals surface area contributed by atoms with Crippen molar-refractivity contribution in [1.29, 1.82) is 0 Å². The summed E-state index contributed by atoms with van der Waals surface area (Å²) in [5, 5.41) is 9.60. The maximum absolute atomic E-state index is 5.93. The maximum Gasteiger partial charge on any atom is 0.229 e. The van der Waals surface area contributed by atoms with E-state index in [4.69, 9.17) is 11.6 Å². The third-order valence-electron chi connectivity index (χ3n) is 4.59. The third-order valence-corrected chi connectivity index (χ3v) is 4.84. The standard InChI is InChI=1S/C20H19ClN6/c1-13-17-9-8-16(12-18(17)25-27(13)3)26(2)19-10-11-22-20(24-19)23-15-6-4-14(21)5-7-15/h4-12H,1-3H3,(H,22,23,24). The Morgan fingerprint density at radius 1 is 1.07 bits per heavy atom. The summed E-state index contributed by atoms with van der Waals surface area (Å²) in [6, 6.07) is 15.5. The van der Waals surface area contributed by atoms with Crippen LogP contribution < -0.4 is 10.2 Å². The number of nitrogens with one attached hydrogen (secondary N) is 1. The van der Waals surface area contributed by atoms with Gasteiger partial charge in [-0.05, 0) is 55.5 Å². The molecule has 0 unspecified atom stereocenters. The second-order valence-electron chi connectivity index (χ2n) is 6.34. The molecule has 7 heteroatoms. The molecule has 4 rings (SSSR count). The number of hydrogen-bond donors (Lipinski definition) is 1. The van der Waals surface area contributed by atoms with Crippen molar-refractivity contribution >= 4 is 45.6 Å². The molecule has 0 aliphatic rings. The van der Waals surface area contributed by atoms with E-state index in [1.807, 2.05) is 54.0 Å². The van der Waals surface area contributed by atoms with E-state index in [0.717, 1.165) is 33.8 Å². The molecular weight excluding hydrogens is 360 g/mol. The Hall–Kier alpha value is -3.12. The van der Waals surface area contributed by atoms with Gasteiger partial charge in [-0.2, -0.15) is 10.1 Å². The number of hydrogen-bond acceptors (Lipinski definition) is 5. The molecule has 4 aromatic rings. The molecule has 2 aromatic heterocycles. The summed E-state index contributed by atoms with van der Waals surface area (Å²) in [6.45, 7) is 2.07. The van der Waals surface area contributed by atoms with Crippen molar-refractivity contribution < 1.29 is 0 Å². The Labute approximate surface area is 162 Å². The highest BCUT2D eigenvalue weighted by Crippen LogP contribution is 2.27. The summed E-state index contributed by atoms with van der Waals surface area (Å²) in [6.07, 6.45) is 1.74. The molecule has 0 saturated carbocycles. The molecule has 2 aromatic carbocycles. The smallest absolute Gasteiger partial charge is 0.229 e. The van der Waals surface area contributed by atoms with Crippen molar-refractivity contribution in [2.45, 2.75) is 6.92 Å². The first-order chi connectivity index (χ1) is 13.0. The van der Waals surface area contributed by atoms with E-state index in [9.17, 15) is 0 Å². The number of fused-ring (bicyclic) bond motifs is 1. The first-order valence-corrected chi connectivity index (χ1v) is 8.92. The highest BCUT2D eigenvalue weighted by molar-refractivity contribution is 6.30. The first-order valence-electron chi connectivity index (χ1n) is 8.54. The Kier molecular flexibility index (Phi) is 4.41. The van der Waals surface area contributed by atoms with Crippen molar-refractivity contribution in [3.63, 3.8) is 0 Å². The van der Waals surface area contributed by atoms with Gasteiger partial charge in [0, 0.05) is 47.8 Å². The molecule has 6 nitrogen and oxygen atoms in total. The first kappa shape index (κ1) is 17.3. The number of nitrogens with zero attached hydrogens (tertiary/aromatic N) is 5. The van der Waals surface area contributed by atoms with Crippen LogP contribution in [0.3, 0.4) is 0 Å². The van der Waals surface area contributed by atoms with Gasteiger partial charge in [0.2, 0.25) is 5.95 Å². The second-order valence-corrected chi connectivity index (χ2v) is 6.78. The summed E-state index contributed by atoms with van der Waals surface area (Å²) in [5.74, 6) is 1.31. The maximum atomic E-state index is 5.93. The topological polar surface area (TPSA) is 58.9 Å². The van der Waals surface area contributed by atoms with Gasteiger partial charge in [-0.25, -0.2) is 4.98 Å². The predicted molar refractivity (Wildman–Crippen MR) is 110 cm³/mol. The van der Waals surface area contributed by atoms with E-state index >= 15 is 0 Å². The molecule has 0 fully saturated rings. The van der Waals surface area contributed by atoms with Crippen LogP contribution in [-0.4, -0.2) is 26.8 Å². The number of rotatable bonds is 4. The molecule has 0 amide bonds. The predicted octanol–water partition coefficient (Wildman–Crippen LogP) is 4.84. The SMILES string of the molecule is Cc1c2ccc(N(C)c3ccnc(Nc4ccc(Cl)cc4)n3)cc2nn1C. The number of aromatic nitrogens is 4. The summed E-state index contributed by atoms with van der Waals surface area (Å²) in [7, 11) is 3.93. The Morgan fingerprint density at radius 2 is 1.85 bits per heavy atom. The minimum Gasteiger partial charge on any atom is -0.329 e. The Morgan fingerprint density at radius 3 is 2.63 bits per heavy atom. The van der Waals surface area contributed by atoms with E-state index < -0.39 is 0 Å². The van der Waals surface area contributed by atoms with Crippen LogP contribution in [0.1, 0.15) is 5.69 Å². The molecule has 0 bridgehead atoms. The highest BCUT2D eigenvalue weighted by Gasteiger charge is 2.11. The molecular formula is C20H19ClN6. The Bertz CT molecular complexity index is 1100. The van der Waals surface area contributed by atoms with Gasteiger partial charge in [0.25, 0.3) is 0 Å². The van der Waals surface area contributed by atoms with Crippen molar-refractivity contribution in [3.8, 4) is 0 Å². The lowest BCUT2D eigenvalue weighted by Gasteiger charge is -2.19. The van der Waals surface area contributed by atoms with Gasteiger partial charge in [-0.3, -0.25) is 4.68 Å². The molecule has 1 N–H and O–H groups in total. The van der Waals surface area contributed by atoms with Gasteiger partial charge in [0.1, 0.15) is 5.82 Å². The lowest BCUT2D eigenvalue weighted by molar-refractivity contribution is 0.751. The average Bonchev–Trinajstić information content (AvgIpc) is 2.96. The Balaban J connectivity index is 1.62. The van der Waals surface area contributed by atoms with Crippen molar-refractivity contribution in [3.05, 3.63) is 65.4 Å². The molecule has 2 heterocycles. The largest absolute Gasteiger partial charge is 0.329 e. The zero-order valence-electron chi connectivity index (χ0n) is 15.3. The molecule has 136 valence electrons. The zero-order chi connectivity index (χ0) is 19.0. The van der Waals surface area contributed by atoms with Gasteiger partial charge in [-0.15, -0.1) is 0 Å². The van der Waals surface area contributed by atoms with Crippen LogP contribution >= 0.6 is 11.6 Å². The van der Waals surface area contributed by atoms with Crippen LogP contribution in [0.4, 0.5) is 23.1 Å². The van der Waals surface area contributed by atoms with Crippen molar-refractivity contribution in [2.75, 3.05) is 17.3 Å². The van der Waals surface area contributed by atoms with E-state index in [-0.39, 0.29) is 0 Å². The van der Waals surface area contributed by atoms with Crippen molar-refractivity contribution in [2.24, 2.45) is 7.05 Å². The van der Waals surface area contributed by atoms with Gasteiger partial charge < -0.3 is 10.2 Å². The average molecular weight is 379 g/mol. The highest BCUT2D eigenvalue weighted by atomic mass is 35.5.